The first kappa shape index (κ1) is 16.4. The largest absolute Gasteiger partial charge is 0.364 e. The summed E-state index contributed by atoms with van der Waals surface area (Å²) in [7, 11) is 0. The minimum Gasteiger partial charge on any atom is -0.364 e. The quantitative estimate of drug-likeness (QED) is 0.916. The predicted octanol–water partition coefficient (Wildman–Crippen LogP) is 3.47. The van der Waals surface area contributed by atoms with Crippen LogP contribution in [0.25, 0.3) is 0 Å². The number of benzene rings is 1. The van der Waals surface area contributed by atoms with Crippen molar-refractivity contribution in [2.75, 3.05) is 12.0 Å². The van der Waals surface area contributed by atoms with Crippen LogP contribution in [0.4, 0.5) is 19.0 Å². The lowest BCUT2D eigenvalue weighted by Gasteiger charge is -2.06. The van der Waals surface area contributed by atoms with Crippen molar-refractivity contribution >= 4 is 18.2 Å². The van der Waals surface area contributed by atoms with E-state index in [0.717, 1.165) is 11.6 Å². The fourth-order valence-corrected chi connectivity index (χ4v) is 1.76. The molecule has 1 N–H and O–H groups in total. The second-order valence-corrected chi connectivity index (χ2v) is 4.18. The smallest absolute Gasteiger partial charge is 0.163 e. The van der Waals surface area contributed by atoms with Gasteiger partial charge in [-0.25, -0.2) is 13.2 Å². The first-order valence-corrected chi connectivity index (χ1v) is 5.88. The van der Waals surface area contributed by atoms with Gasteiger partial charge in [-0.15, -0.1) is 12.4 Å². The van der Waals surface area contributed by atoms with Crippen molar-refractivity contribution in [2.45, 2.75) is 20.0 Å². The van der Waals surface area contributed by atoms with Crippen LogP contribution in [0, 0.1) is 18.6 Å². The van der Waals surface area contributed by atoms with E-state index in [1.54, 1.807) is 6.20 Å². The summed E-state index contributed by atoms with van der Waals surface area (Å²) in [4.78, 5) is 0. The van der Waals surface area contributed by atoms with Crippen LogP contribution >= 0.6 is 12.4 Å². The summed E-state index contributed by atoms with van der Waals surface area (Å²) in [6, 6.07) is 4.02. The predicted molar refractivity (Wildman–Crippen MR) is 73.9 cm³/mol. The van der Waals surface area contributed by atoms with Crippen LogP contribution < -0.4 is 5.32 Å². The molecule has 2 rings (SSSR count). The molecule has 1 aromatic carbocycles. The Balaban J connectivity index is 0.00000200. The number of anilines is 1. The van der Waals surface area contributed by atoms with Crippen LogP contribution in [-0.2, 0) is 13.1 Å². The number of alkyl halides is 1. The van der Waals surface area contributed by atoms with Crippen molar-refractivity contribution in [1.82, 2.24) is 9.78 Å². The van der Waals surface area contributed by atoms with Crippen molar-refractivity contribution in [2.24, 2.45) is 0 Å². The van der Waals surface area contributed by atoms with Crippen molar-refractivity contribution in [3.05, 3.63) is 47.2 Å². The van der Waals surface area contributed by atoms with Crippen LogP contribution in [0.2, 0.25) is 0 Å². The maximum Gasteiger partial charge on any atom is 0.163 e. The molecule has 0 saturated carbocycles. The van der Waals surface area contributed by atoms with Crippen molar-refractivity contribution in [1.29, 1.82) is 0 Å². The summed E-state index contributed by atoms with van der Waals surface area (Å²) in [6.07, 6.45) is 1.70. The van der Waals surface area contributed by atoms with Gasteiger partial charge in [0.1, 0.15) is 6.67 Å². The van der Waals surface area contributed by atoms with Crippen LogP contribution in [-0.4, -0.2) is 16.5 Å². The van der Waals surface area contributed by atoms with Crippen LogP contribution in [0.1, 0.15) is 11.1 Å². The molecule has 0 fully saturated rings. The van der Waals surface area contributed by atoms with Crippen molar-refractivity contribution in [3.63, 3.8) is 0 Å². The number of aromatic nitrogens is 2. The maximum absolute atomic E-state index is 13.4. The zero-order valence-corrected chi connectivity index (χ0v) is 11.7. The summed E-state index contributed by atoms with van der Waals surface area (Å²) in [5, 5.41) is 7.03. The molecule has 0 radical (unpaired) electrons. The normalized spacial score (nSPS) is 10.2. The molecule has 0 aliphatic carbocycles. The Morgan fingerprint density at radius 1 is 1.30 bits per heavy atom. The number of nitrogens with zero attached hydrogens (tertiary/aromatic N) is 2. The molecule has 0 aliphatic rings. The van der Waals surface area contributed by atoms with Gasteiger partial charge in [0.05, 0.1) is 6.54 Å². The first-order chi connectivity index (χ1) is 9.11. The summed E-state index contributed by atoms with van der Waals surface area (Å²) in [5.74, 6) is -1.20. The Bertz CT molecular complexity index is 572. The summed E-state index contributed by atoms with van der Waals surface area (Å²) in [5.41, 5.74) is 1.05. The number of rotatable bonds is 5. The highest BCUT2D eigenvalue weighted by atomic mass is 35.5. The monoisotopic (exact) mass is 305 g/mol. The van der Waals surface area contributed by atoms with E-state index in [9.17, 15) is 13.2 Å². The van der Waals surface area contributed by atoms with Gasteiger partial charge in [0.15, 0.2) is 17.5 Å². The lowest BCUT2D eigenvalue weighted by Crippen LogP contribution is -2.06. The van der Waals surface area contributed by atoms with E-state index in [1.807, 2.05) is 6.92 Å². The second kappa shape index (κ2) is 7.19. The highest BCUT2D eigenvalue weighted by Crippen LogP contribution is 2.16. The van der Waals surface area contributed by atoms with E-state index in [2.05, 4.69) is 10.4 Å². The maximum atomic E-state index is 13.4. The van der Waals surface area contributed by atoms with Crippen molar-refractivity contribution in [3.8, 4) is 0 Å². The molecule has 0 atom stereocenters. The minimum absolute atomic E-state index is 0. The highest BCUT2D eigenvalue weighted by Gasteiger charge is 2.09. The SMILES string of the molecule is Cc1cn(CCF)nc1NCc1cccc(F)c1F.Cl. The average molecular weight is 306 g/mol. The van der Waals surface area contributed by atoms with E-state index in [-0.39, 0.29) is 31.1 Å². The van der Waals surface area contributed by atoms with E-state index in [0.29, 0.717) is 5.82 Å². The summed E-state index contributed by atoms with van der Waals surface area (Å²) >= 11 is 0. The molecule has 110 valence electrons. The molecule has 20 heavy (non-hydrogen) atoms. The highest BCUT2D eigenvalue weighted by molar-refractivity contribution is 5.85. The topological polar surface area (TPSA) is 29.9 Å². The van der Waals surface area contributed by atoms with Gasteiger partial charge in [0.25, 0.3) is 0 Å². The van der Waals surface area contributed by atoms with E-state index in [1.165, 1.54) is 16.8 Å². The zero-order chi connectivity index (χ0) is 13.8. The Morgan fingerprint density at radius 2 is 2.05 bits per heavy atom. The molecule has 0 aliphatic heterocycles. The Hall–Kier alpha value is -1.69. The molecule has 7 heteroatoms. The molecule has 1 aromatic heterocycles. The third-order valence-electron chi connectivity index (χ3n) is 2.74. The molecule has 0 unspecified atom stereocenters. The lowest BCUT2D eigenvalue weighted by atomic mass is 10.2. The molecular weight excluding hydrogens is 291 g/mol. The average Bonchev–Trinajstić information content (AvgIpc) is 2.72. The third kappa shape index (κ3) is 3.66. The minimum atomic E-state index is -0.876. The fourth-order valence-electron chi connectivity index (χ4n) is 1.76. The zero-order valence-electron chi connectivity index (χ0n) is 10.9. The summed E-state index contributed by atoms with van der Waals surface area (Å²) in [6.45, 7) is 1.61. The van der Waals surface area contributed by atoms with Gasteiger partial charge < -0.3 is 5.32 Å². The Kier molecular flexibility index (Phi) is 5.88. The molecule has 2 aromatic rings. The molecule has 0 saturated heterocycles. The van der Waals surface area contributed by atoms with Gasteiger partial charge in [0, 0.05) is 23.9 Å². The molecule has 3 nitrogen and oxygen atoms in total. The lowest BCUT2D eigenvalue weighted by molar-refractivity contribution is 0.427. The van der Waals surface area contributed by atoms with Crippen LogP contribution in [0.15, 0.2) is 24.4 Å². The van der Waals surface area contributed by atoms with Gasteiger partial charge in [-0.1, -0.05) is 12.1 Å². The van der Waals surface area contributed by atoms with E-state index >= 15 is 0 Å². The van der Waals surface area contributed by atoms with Crippen LogP contribution in [0.5, 0.6) is 0 Å². The fraction of sp³-hybridized carbons (Fsp3) is 0.308. The molecule has 1 heterocycles. The molecule has 0 amide bonds. The number of halogens is 4. The molecule has 0 spiro atoms. The number of aryl methyl sites for hydroxylation is 2. The number of hydrogen-bond donors (Lipinski definition) is 1. The van der Waals surface area contributed by atoms with Gasteiger partial charge in [-0.2, -0.15) is 5.10 Å². The number of hydrogen-bond acceptors (Lipinski definition) is 2. The van der Waals surface area contributed by atoms with Crippen LogP contribution in [0.3, 0.4) is 0 Å². The van der Waals surface area contributed by atoms with Crippen molar-refractivity contribution < 1.29 is 13.2 Å². The summed E-state index contributed by atoms with van der Waals surface area (Å²) < 4.78 is 40.1. The number of nitrogens with one attached hydrogen (secondary N) is 1. The van der Waals surface area contributed by atoms with Gasteiger partial charge in [-0.3, -0.25) is 4.68 Å². The van der Waals surface area contributed by atoms with Gasteiger partial charge in [-0.05, 0) is 13.0 Å². The second-order valence-electron chi connectivity index (χ2n) is 4.18. The Labute approximate surface area is 121 Å². The Morgan fingerprint density at radius 3 is 2.75 bits per heavy atom. The van der Waals surface area contributed by atoms with E-state index < -0.39 is 18.3 Å². The first-order valence-electron chi connectivity index (χ1n) is 5.88. The van der Waals surface area contributed by atoms with Gasteiger partial charge >= 0.3 is 0 Å². The van der Waals surface area contributed by atoms with E-state index in [4.69, 9.17) is 0 Å². The standard InChI is InChI=1S/C13H14F3N3.ClH/c1-9-8-19(6-5-14)18-13(9)17-7-10-3-2-4-11(15)12(10)16;/h2-4,8H,5-7H2,1H3,(H,17,18);1H. The molecular formula is C13H15ClF3N3. The third-order valence-corrected chi connectivity index (χ3v) is 2.74. The molecule has 0 bridgehead atoms. The van der Waals surface area contributed by atoms with Gasteiger partial charge in [0.2, 0.25) is 0 Å².